The Balaban J connectivity index is 1.55. The van der Waals surface area contributed by atoms with Gasteiger partial charge in [0.15, 0.2) is 6.29 Å². The fraction of sp³-hybridized carbons (Fsp3) is 0.304. The van der Waals surface area contributed by atoms with E-state index in [1.807, 2.05) is 18.2 Å². The van der Waals surface area contributed by atoms with Crippen LogP contribution >= 0.6 is 11.8 Å². The molecule has 0 saturated carbocycles. The summed E-state index contributed by atoms with van der Waals surface area (Å²) in [6.45, 7) is 1.18. The van der Waals surface area contributed by atoms with E-state index < -0.39 is 0 Å². The van der Waals surface area contributed by atoms with Crippen LogP contribution in [0.5, 0.6) is 0 Å². The predicted molar refractivity (Wildman–Crippen MR) is 108 cm³/mol. The molecule has 26 heavy (non-hydrogen) atoms. The van der Waals surface area contributed by atoms with Crippen LogP contribution in [-0.4, -0.2) is 25.3 Å². The van der Waals surface area contributed by atoms with Crippen molar-refractivity contribution in [3.05, 3.63) is 54.6 Å². The molecule has 1 saturated heterocycles. The molecular weight excluding hydrogens is 340 g/mol. The zero-order chi connectivity index (χ0) is 18.1. The van der Waals surface area contributed by atoms with Crippen molar-refractivity contribution in [3.63, 3.8) is 0 Å². The van der Waals surface area contributed by atoms with E-state index in [-0.39, 0.29) is 6.29 Å². The average Bonchev–Trinajstić information content (AvgIpc) is 2.70. The molecule has 2 rings (SSSR count). The summed E-state index contributed by atoms with van der Waals surface area (Å²) >= 11 is 1.72. The Morgan fingerprint density at radius 1 is 0.962 bits per heavy atom. The summed E-state index contributed by atoms with van der Waals surface area (Å²) < 4.78 is 11.0. The minimum atomic E-state index is -0.0841. The van der Waals surface area contributed by atoms with Gasteiger partial charge in [0.25, 0.3) is 0 Å². The molecule has 1 atom stereocenters. The van der Waals surface area contributed by atoms with Crippen LogP contribution in [0, 0.1) is 35.5 Å². The molecule has 1 aromatic carbocycles. The van der Waals surface area contributed by atoms with E-state index >= 15 is 0 Å². The lowest BCUT2D eigenvalue weighted by Gasteiger charge is -2.21. The summed E-state index contributed by atoms with van der Waals surface area (Å²) in [5.74, 6) is 18.4. The second-order valence-corrected chi connectivity index (χ2v) is 6.36. The summed E-state index contributed by atoms with van der Waals surface area (Å²) in [6.07, 6.45) is 10.1. The van der Waals surface area contributed by atoms with Crippen LogP contribution in [0.2, 0.25) is 0 Å². The highest BCUT2D eigenvalue weighted by Crippen LogP contribution is 2.15. The molecule has 0 aromatic heterocycles. The molecule has 0 N–H and O–H groups in total. The Kier molecular flexibility index (Phi) is 10.7. The molecule has 0 aliphatic carbocycles. The van der Waals surface area contributed by atoms with E-state index in [9.17, 15) is 0 Å². The molecule has 0 spiro atoms. The van der Waals surface area contributed by atoms with Gasteiger partial charge in [-0.3, -0.25) is 0 Å². The molecule has 1 aromatic rings. The Labute approximate surface area is 161 Å². The van der Waals surface area contributed by atoms with Crippen molar-refractivity contribution >= 4 is 11.8 Å². The number of hydrogen-bond acceptors (Lipinski definition) is 3. The lowest BCUT2D eigenvalue weighted by molar-refractivity contribution is -0.154. The topological polar surface area (TPSA) is 18.5 Å². The third kappa shape index (κ3) is 9.83. The summed E-state index contributed by atoms with van der Waals surface area (Å²) in [7, 11) is 0. The third-order valence-corrected chi connectivity index (χ3v) is 4.22. The van der Waals surface area contributed by atoms with E-state index in [4.69, 9.17) is 9.47 Å². The first-order valence-electron chi connectivity index (χ1n) is 8.64. The van der Waals surface area contributed by atoms with Gasteiger partial charge in [-0.05, 0) is 55.7 Å². The van der Waals surface area contributed by atoms with Crippen molar-refractivity contribution in [2.75, 3.05) is 19.0 Å². The van der Waals surface area contributed by atoms with Crippen LogP contribution in [0.4, 0.5) is 0 Å². The van der Waals surface area contributed by atoms with Crippen LogP contribution in [0.15, 0.2) is 59.5 Å². The lowest BCUT2D eigenvalue weighted by Crippen LogP contribution is -2.22. The number of rotatable bonds is 4. The summed E-state index contributed by atoms with van der Waals surface area (Å²) in [5, 5.41) is 0. The van der Waals surface area contributed by atoms with Gasteiger partial charge in [0, 0.05) is 11.5 Å². The SMILES string of the molecule is C(#C/C=C\C#CCSc1ccccc1)/C=C\C#CCOC1CCCCO1. The minimum absolute atomic E-state index is 0.0841. The molecule has 0 bridgehead atoms. The zero-order valence-electron chi connectivity index (χ0n) is 14.7. The van der Waals surface area contributed by atoms with E-state index in [0.717, 1.165) is 31.6 Å². The first-order valence-corrected chi connectivity index (χ1v) is 9.62. The third-order valence-electron chi connectivity index (χ3n) is 3.32. The second-order valence-electron chi connectivity index (χ2n) is 5.31. The van der Waals surface area contributed by atoms with Crippen LogP contribution in [0.25, 0.3) is 0 Å². The molecule has 1 heterocycles. The average molecular weight is 362 g/mol. The lowest BCUT2D eigenvalue weighted by atomic mass is 10.2. The smallest absolute Gasteiger partial charge is 0.158 e. The first kappa shape index (κ1) is 20.0. The maximum atomic E-state index is 5.51. The van der Waals surface area contributed by atoms with Gasteiger partial charge in [-0.25, -0.2) is 0 Å². The van der Waals surface area contributed by atoms with Gasteiger partial charge in [0.1, 0.15) is 6.61 Å². The van der Waals surface area contributed by atoms with Gasteiger partial charge in [-0.1, -0.05) is 53.7 Å². The molecule has 1 unspecified atom stereocenters. The molecule has 1 fully saturated rings. The highest BCUT2D eigenvalue weighted by atomic mass is 32.2. The minimum Gasteiger partial charge on any atom is -0.353 e. The fourth-order valence-corrected chi connectivity index (χ4v) is 2.75. The largest absolute Gasteiger partial charge is 0.353 e. The van der Waals surface area contributed by atoms with Crippen molar-refractivity contribution in [2.45, 2.75) is 30.4 Å². The Morgan fingerprint density at radius 3 is 2.42 bits per heavy atom. The summed E-state index contributed by atoms with van der Waals surface area (Å²) in [6, 6.07) is 10.2. The van der Waals surface area contributed by atoms with Crippen molar-refractivity contribution in [2.24, 2.45) is 0 Å². The highest BCUT2D eigenvalue weighted by Gasteiger charge is 2.12. The highest BCUT2D eigenvalue weighted by molar-refractivity contribution is 7.99. The number of ether oxygens (including phenoxy) is 2. The van der Waals surface area contributed by atoms with Gasteiger partial charge in [-0.15, -0.1) is 11.8 Å². The van der Waals surface area contributed by atoms with Crippen molar-refractivity contribution in [3.8, 4) is 35.5 Å². The number of allylic oxidation sites excluding steroid dienone is 4. The summed E-state index contributed by atoms with van der Waals surface area (Å²) in [4.78, 5) is 1.23. The first-order chi connectivity index (χ1) is 12.9. The van der Waals surface area contributed by atoms with Crippen LogP contribution in [0.3, 0.4) is 0 Å². The fourth-order valence-electron chi connectivity index (χ4n) is 2.08. The summed E-state index contributed by atoms with van der Waals surface area (Å²) in [5.41, 5.74) is 0. The van der Waals surface area contributed by atoms with E-state index in [1.165, 1.54) is 4.90 Å². The van der Waals surface area contributed by atoms with Gasteiger partial charge in [0.05, 0.1) is 5.75 Å². The van der Waals surface area contributed by atoms with Crippen LogP contribution in [0.1, 0.15) is 19.3 Å². The molecule has 0 amide bonds. The second kappa shape index (κ2) is 13.9. The number of benzene rings is 1. The number of thioether (sulfide) groups is 1. The molecule has 2 nitrogen and oxygen atoms in total. The van der Waals surface area contributed by atoms with Gasteiger partial charge in [0.2, 0.25) is 0 Å². The molecule has 1 aliphatic heterocycles. The Morgan fingerprint density at radius 2 is 1.69 bits per heavy atom. The molecule has 1 aliphatic rings. The monoisotopic (exact) mass is 362 g/mol. The van der Waals surface area contributed by atoms with Crippen LogP contribution in [-0.2, 0) is 9.47 Å². The van der Waals surface area contributed by atoms with Crippen LogP contribution < -0.4 is 0 Å². The maximum absolute atomic E-state index is 5.51. The number of hydrogen-bond donors (Lipinski definition) is 0. The Bertz CT molecular complexity index is 755. The van der Waals surface area contributed by atoms with E-state index in [2.05, 4.69) is 47.7 Å². The predicted octanol–water partition coefficient (Wildman–Crippen LogP) is 4.44. The maximum Gasteiger partial charge on any atom is 0.158 e. The van der Waals surface area contributed by atoms with Crippen molar-refractivity contribution in [1.82, 2.24) is 0 Å². The normalized spacial score (nSPS) is 16.2. The van der Waals surface area contributed by atoms with Gasteiger partial charge in [-0.2, -0.15) is 0 Å². The molecule has 3 heteroatoms. The van der Waals surface area contributed by atoms with E-state index in [0.29, 0.717) is 6.61 Å². The van der Waals surface area contributed by atoms with Crippen molar-refractivity contribution in [1.29, 1.82) is 0 Å². The Hall–Kier alpha value is -2.35. The van der Waals surface area contributed by atoms with Crippen molar-refractivity contribution < 1.29 is 9.47 Å². The quantitative estimate of drug-likeness (QED) is 0.583. The standard InChI is InChI=1S/C23H22O2S/c1(3-5-7-13-19-24-23-18-12-14-20-25-23)2-4-6-8-15-21-26-22-16-10-9-11-17-22/h3-6,9-11,16-17,23H,12,14,18-21H2/b5-3-,6-4-. The molecule has 0 radical (unpaired) electrons. The molecule has 132 valence electrons. The zero-order valence-corrected chi connectivity index (χ0v) is 15.6. The molecular formula is C23H22O2S. The van der Waals surface area contributed by atoms with Gasteiger partial charge < -0.3 is 9.47 Å². The van der Waals surface area contributed by atoms with E-state index in [1.54, 1.807) is 36.1 Å². The van der Waals surface area contributed by atoms with Gasteiger partial charge >= 0.3 is 0 Å².